The van der Waals surface area contributed by atoms with Gasteiger partial charge in [0.15, 0.2) is 0 Å². The Balaban J connectivity index is 2.56. The minimum atomic E-state index is 0.518. The number of hydrogen-bond acceptors (Lipinski definition) is 2. The molecule has 1 N–H and O–H groups in total. The van der Waals surface area contributed by atoms with Crippen LogP contribution in [0.5, 0.6) is 0 Å². The van der Waals surface area contributed by atoms with Crippen molar-refractivity contribution < 1.29 is 4.74 Å². The summed E-state index contributed by atoms with van der Waals surface area (Å²) in [6, 6.07) is 8.15. The lowest BCUT2D eigenvalue weighted by molar-refractivity contribution is 0.198. The van der Waals surface area contributed by atoms with Crippen molar-refractivity contribution in [1.29, 1.82) is 0 Å². The van der Waals surface area contributed by atoms with E-state index in [-0.39, 0.29) is 0 Å². The summed E-state index contributed by atoms with van der Waals surface area (Å²) in [6.45, 7) is 7.12. The molecule has 0 aliphatic rings. The number of benzene rings is 1. The molecule has 0 aliphatic carbocycles. The summed E-state index contributed by atoms with van der Waals surface area (Å²) in [5, 5.41) is 4.22. The lowest BCUT2D eigenvalue weighted by Crippen LogP contribution is -2.27. The Morgan fingerprint density at radius 3 is 2.41 bits per heavy atom. The summed E-state index contributed by atoms with van der Waals surface area (Å²) in [5.41, 5.74) is 1.34. The number of halogens is 1. The highest BCUT2D eigenvalue weighted by molar-refractivity contribution is 6.30. The van der Waals surface area contributed by atoms with E-state index in [1.54, 1.807) is 7.11 Å². The van der Waals surface area contributed by atoms with E-state index in [0.717, 1.165) is 24.7 Å². The molecule has 0 bridgehead atoms. The van der Waals surface area contributed by atoms with E-state index < -0.39 is 0 Å². The zero-order chi connectivity index (χ0) is 12.7. The topological polar surface area (TPSA) is 21.3 Å². The monoisotopic (exact) mass is 255 g/mol. The fourth-order valence-electron chi connectivity index (χ4n) is 1.88. The number of ether oxygens (including phenoxy) is 1. The van der Waals surface area contributed by atoms with Crippen LogP contribution in [0.4, 0.5) is 0 Å². The first-order valence-corrected chi connectivity index (χ1v) is 6.48. The van der Waals surface area contributed by atoms with Gasteiger partial charge in [-0.15, -0.1) is 0 Å². The van der Waals surface area contributed by atoms with Gasteiger partial charge in [0, 0.05) is 25.2 Å². The van der Waals surface area contributed by atoms with Crippen LogP contribution in [-0.4, -0.2) is 26.8 Å². The van der Waals surface area contributed by atoms with Gasteiger partial charge in [0.05, 0.1) is 6.61 Å². The quantitative estimate of drug-likeness (QED) is 0.755. The minimum Gasteiger partial charge on any atom is -0.383 e. The Morgan fingerprint density at radius 2 is 1.88 bits per heavy atom. The molecule has 1 aromatic carbocycles. The zero-order valence-electron chi connectivity index (χ0n) is 10.9. The molecule has 0 radical (unpaired) electrons. The third kappa shape index (κ3) is 5.07. The van der Waals surface area contributed by atoms with Crippen LogP contribution in [0.15, 0.2) is 24.3 Å². The molecule has 0 fully saturated rings. The van der Waals surface area contributed by atoms with E-state index in [0.29, 0.717) is 11.8 Å². The average molecular weight is 256 g/mol. The van der Waals surface area contributed by atoms with Crippen molar-refractivity contribution >= 4 is 11.6 Å². The summed E-state index contributed by atoms with van der Waals surface area (Å²) < 4.78 is 5.03. The van der Waals surface area contributed by atoms with E-state index in [9.17, 15) is 0 Å². The van der Waals surface area contributed by atoms with E-state index in [2.05, 4.69) is 31.3 Å². The first-order chi connectivity index (χ1) is 8.15. The predicted molar refractivity (Wildman–Crippen MR) is 73.8 cm³/mol. The smallest absolute Gasteiger partial charge is 0.0587 e. The Kier molecular flexibility index (Phi) is 6.56. The molecule has 1 rings (SSSR count). The van der Waals surface area contributed by atoms with Gasteiger partial charge >= 0.3 is 0 Å². The molecule has 1 atom stereocenters. The van der Waals surface area contributed by atoms with Gasteiger partial charge in [0.1, 0.15) is 0 Å². The maximum absolute atomic E-state index is 5.91. The van der Waals surface area contributed by atoms with Crippen molar-refractivity contribution in [2.45, 2.75) is 19.8 Å². The van der Waals surface area contributed by atoms with Crippen molar-refractivity contribution in [3.05, 3.63) is 34.9 Å². The van der Waals surface area contributed by atoms with Crippen LogP contribution in [-0.2, 0) is 4.74 Å². The second-order valence-electron chi connectivity index (χ2n) is 4.60. The molecule has 0 amide bonds. The van der Waals surface area contributed by atoms with Crippen LogP contribution in [0.25, 0.3) is 0 Å². The van der Waals surface area contributed by atoms with Gasteiger partial charge in [-0.3, -0.25) is 0 Å². The maximum atomic E-state index is 5.91. The number of rotatable bonds is 7. The Hall–Kier alpha value is -0.570. The number of nitrogens with one attached hydrogen (secondary N) is 1. The van der Waals surface area contributed by atoms with E-state index >= 15 is 0 Å². The fraction of sp³-hybridized carbons (Fsp3) is 0.571. The lowest BCUT2D eigenvalue weighted by Gasteiger charge is -2.22. The fourth-order valence-corrected chi connectivity index (χ4v) is 2.01. The van der Waals surface area contributed by atoms with Crippen molar-refractivity contribution in [3.63, 3.8) is 0 Å². The van der Waals surface area contributed by atoms with Crippen LogP contribution >= 0.6 is 11.6 Å². The number of methoxy groups -OCH3 is 1. The van der Waals surface area contributed by atoms with E-state index in [1.165, 1.54) is 5.56 Å². The molecule has 17 heavy (non-hydrogen) atoms. The van der Waals surface area contributed by atoms with Crippen LogP contribution in [0.3, 0.4) is 0 Å². The highest BCUT2D eigenvalue weighted by atomic mass is 35.5. The highest BCUT2D eigenvalue weighted by Gasteiger charge is 2.15. The largest absolute Gasteiger partial charge is 0.383 e. The number of hydrogen-bond donors (Lipinski definition) is 1. The molecular formula is C14H22ClNO. The summed E-state index contributed by atoms with van der Waals surface area (Å²) in [7, 11) is 1.72. The standard InChI is InChI=1S/C14H22ClNO/c1-11(2)14(10-16-8-9-17-3)12-4-6-13(15)7-5-12/h4-7,11,14,16H,8-10H2,1-3H3. The second-order valence-corrected chi connectivity index (χ2v) is 5.04. The van der Waals surface area contributed by atoms with Gasteiger partial charge < -0.3 is 10.1 Å². The lowest BCUT2D eigenvalue weighted by atomic mass is 9.88. The molecule has 3 heteroatoms. The second kappa shape index (κ2) is 7.70. The predicted octanol–water partition coefficient (Wildman–Crippen LogP) is 3.32. The van der Waals surface area contributed by atoms with E-state index in [1.807, 2.05) is 12.1 Å². The van der Waals surface area contributed by atoms with Gasteiger partial charge in [-0.25, -0.2) is 0 Å². The molecule has 0 heterocycles. The minimum absolute atomic E-state index is 0.518. The van der Waals surface area contributed by atoms with Crippen molar-refractivity contribution in [3.8, 4) is 0 Å². The third-order valence-electron chi connectivity index (χ3n) is 2.95. The molecule has 1 unspecified atom stereocenters. The van der Waals surface area contributed by atoms with Crippen LogP contribution in [0, 0.1) is 5.92 Å². The summed E-state index contributed by atoms with van der Waals surface area (Å²) in [4.78, 5) is 0. The summed E-state index contributed by atoms with van der Waals surface area (Å²) in [6.07, 6.45) is 0. The Morgan fingerprint density at radius 1 is 1.24 bits per heavy atom. The van der Waals surface area contributed by atoms with Gasteiger partial charge in [-0.2, -0.15) is 0 Å². The van der Waals surface area contributed by atoms with Gasteiger partial charge in [-0.1, -0.05) is 37.6 Å². The molecule has 0 saturated heterocycles. The first-order valence-electron chi connectivity index (χ1n) is 6.10. The molecular weight excluding hydrogens is 234 g/mol. The Bertz CT molecular complexity index is 311. The van der Waals surface area contributed by atoms with Crippen molar-refractivity contribution in [2.24, 2.45) is 5.92 Å². The van der Waals surface area contributed by atoms with Crippen LogP contribution in [0.1, 0.15) is 25.3 Å². The van der Waals surface area contributed by atoms with Crippen molar-refractivity contribution in [2.75, 3.05) is 26.8 Å². The first kappa shape index (κ1) is 14.5. The molecule has 0 saturated carbocycles. The molecule has 0 aromatic heterocycles. The van der Waals surface area contributed by atoms with Gasteiger partial charge in [-0.05, 0) is 29.5 Å². The normalized spacial score (nSPS) is 13.0. The van der Waals surface area contributed by atoms with Gasteiger partial charge in [0.25, 0.3) is 0 Å². The van der Waals surface area contributed by atoms with E-state index in [4.69, 9.17) is 16.3 Å². The molecule has 1 aromatic rings. The summed E-state index contributed by atoms with van der Waals surface area (Å²) >= 11 is 5.91. The van der Waals surface area contributed by atoms with Crippen LogP contribution in [0.2, 0.25) is 5.02 Å². The zero-order valence-corrected chi connectivity index (χ0v) is 11.6. The van der Waals surface area contributed by atoms with Gasteiger partial charge in [0.2, 0.25) is 0 Å². The molecule has 0 spiro atoms. The molecule has 96 valence electrons. The van der Waals surface area contributed by atoms with Crippen molar-refractivity contribution in [1.82, 2.24) is 5.32 Å². The SMILES string of the molecule is COCCNCC(c1ccc(Cl)cc1)C(C)C. The average Bonchev–Trinajstić information content (AvgIpc) is 2.30. The summed E-state index contributed by atoms with van der Waals surface area (Å²) in [5.74, 6) is 1.12. The maximum Gasteiger partial charge on any atom is 0.0587 e. The molecule has 0 aliphatic heterocycles. The Labute approximate surface area is 109 Å². The molecule has 2 nitrogen and oxygen atoms in total. The third-order valence-corrected chi connectivity index (χ3v) is 3.20. The highest BCUT2D eigenvalue weighted by Crippen LogP contribution is 2.24. The van der Waals surface area contributed by atoms with Crippen LogP contribution < -0.4 is 5.32 Å².